The van der Waals surface area contributed by atoms with Crippen LogP contribution in [0.25, 0.3) is 0 Å². The highest BCUT2D eigenvalue weighted by molar-refractivity contribution is 5.77. The summed E-state index contributed by atoms with van der Waals surface area (Å²) in [5.74, 6) is -0.0815. The number of fused-ring (bicyclic) bond motifs is 1. The average Bonchev–Trinajstić information content (AvgIpc) is 2.69. The van der Waals surface area contributed by atoms with Gasteiger partial charge in [-0.25, -0.2) is 4.79 Å². The molecule has 0 atom stereocenters. The highest BCUT2D eigenvalue weighted by Gasteiger charge is 2.11. The van der Waals surface area contributed by atoms with Crippen LogP contribution < -0.4 is 14.8 Å². The van der Waals surface area contributed by atoms with Crippen molar-refractivity contribution in [2.45, 2.75) is 32.2 Å². The summed E-state index contributed by atoms with van der Waals surface area (Å²) >= 11 is 0. The van der Waals surface area contributed by atoms with Crippen LogP contribution in [0.2, 0.25) is 0 Å². The maximum Gasteiger partial charge on any atom is 0.341 e. The van der Waals surface area contributed by atoms with E-state index < -0.39 is 12.6 Å². The monoisotopic (exact) mass is 369 g/mol. The Morgan fingerprint density at radius 1 is 0.926 bits per heavy atom. The van der Waals surface area contributed by atoms with Gasteiger partial charge in [-0.3, -0.25) is 4.79 Å². The maximum atomic E-state index is 12.0. The second kappa shape index (κ2) is 9.07. The van der Waals surface area contributed by atoms with Crippen molar-refractivity contribution in [2.75, 3.05) is 13.2 Å². The first-order chi connectivity index (χ1) is 13.1. The van der Waals surface area contributed by atoms with E-state index in [4.69, 9.17) is 14.6 Å². The molecule has 0 unspecified atom stereocenters. The lowest BCUT2D eigenvalue weighted by Gasteiger charge is -2.16. The lowest BCUT2D eigenvalue weighted by atomic mass is 9.92. The third kappa shape index (κ3) is 5.74. The number of amides is 1. The number of carbonyl (C=O) groups is 2. The average molecular weight is 369 g/mol. The van der Waals surface area contributed by atoms with Crippen LogP contribution in [0.3, 0.4) is 0 Å². The lowest BCUT2D eigenvalue weighted by Crippen LogP contribution is -2.28. The summed E-state index contributed by atoms with van der Waals surface area (Å²) in [6.45, 7) is -0.130. The quantitative estimate of drug-likeness (QED) is 0.747. The van der Waals surface area contributed by atoms with E-state index in [0.717, 1.165) is 24.2 Å². The van der Waals surface area contributed by atoms with Crippen molar-refractivity contribution in [1.82, 2.24) is 5.32 Å². The molecule has 0 saturated carbocycles. The standard InChI is InChI=1S/C21H23NO5/c23-20(13-26-19-9-8-16-5-1-2-6-17(16)11-19)22-12-15-4-3-7-18(10-15)27-14-21(24)25/h3-4,7-11H,1-2,5-6,12-14H2,(H,22,23)(H,24,25). The Kier molecular flexibility index (Phi) is 6.30. The van der Waals surface area contributed by atoms with Gasteiger partial charge in [0.25, 0.3) is 5.91 Å². The van der Waals surface area contributed by atoms with Crippen LogP contribution in [0.15, 0.2) is 42.5 Å². The Hall–Kier alpha value is -3.02. The van der Waals surface area contributed by atoms with Crippen molar-refractivity contribution in [3.63, 3.8) is 0 Å². The zero-order valence-corrected chi connectivity index (χ0v) is 15.1. The van der Waals surface area contributed by atoms with Gasteiger partial charge in [0, 0.05) is 6.54 Å². The number of hydrogen-bond donors (Lipinski definition) is 2. The summed E-state index contributed by atoms with van der Waals surface area (Å²) in [4.78, 5) is 22.6. The molecule has 0 spiro atoms. The van der Waals surface area contributed by atoms with Crippen LogP contribution in [0.1, 0.15) is 29.5 Å². The van der Waals surface area contributed by atoms with E-state index in [1.165, 1.54) is 24.0 Å². The SMILES string of the molecule is O=C(O)COc1cccc(CNC(=O)COc2ccc3c(c2)CCCC3)c1. The normalized spacial score (nSPS) is 12.7. The first-order valence-corrected chi connectivity index (χ1v) is 9.05. The fourth-order valence-electron chi connectivity index (χ4n) is 3.09. The van der Waals surface area contributed by atoms with E-state index >= 15 is 0 Å². The van der Waals surface area contributed by atoms with Gasteiger partial charge in [-0.2, -0.15) is 0 Å². The molecule has 2 aromatic carbocycles. The number of carboxylic acids is 1. The van der Waals surface area contributed by atoms with E-state index in [9.17, 15) is 9.59 Å². The van der Waals surface area contributed by atoms with Crippen molar-refractivity contribution in [2.24, 2.45) is 0 Å². The molecule has 1 aliphatic carbocycles. The van der Waals surface area contributed by atoms with Gasteiger partial charge in [0.05, 0.1) is 0 Å². The molecule has 1 amide bonds. The summed E-state index contributed by atoms with van der Waals surface area (Å²) in [5.41, 5.74) is 3.51. The Morgan fingerprint density at radius 3 is 2.48 bits per heavy atom. The van der Waals surface area contributed by atoms with Crippen molar-refractivity contribution in [1.29, 1.82) is 0 Å². The number of benzene rings is 2. The molecule has 6 nitrogen and oxygen atoms in total. The molecular weight excluding hydrogens is 346 g/mol. The Morgan fingerprint density at radius 2 is 1.67 bits per heavy atom. The molecule has 27 heavy (non-hydrogen) atoms. The molecule has 0 saturated heterocycles. The molecule has 0 bridgehead atoms. The molecule has 0 aliphatic heterocycles. The number of hydrogen-bond acceptors (Lipinski definition) is 4. The minimum Gasteiger partial charge on any atom is -0.484 e. The Bertz CT molecular complexity index is 818. The lowest BCUT2D eigenvalue weighted by molar-refractivity contribution is -0.139. The number of ether oxygens (including phenoxy) is 2. The second-order valence-corrected chi connectivity index (χ2v) is 6.53. The van der Waals surface area contributed by atoms with Gasteiger partial charge < -0.3 is 19.9 Å². The van der Waals surface area contributed by atoms with Crippen molar-refractivity contribution in [3.05, 3.63) is 59.2 Å². The Balaban J connectivity index is 1.46. The highest BCUT2D eigenvalue weighted by atomic mass is 16.5. The number of nitrogens with one attached hydrogen (secondary N) is 1. The summed E-state index contributed by atoms with van der Waals surface area (Å²) in [5, 5.41) is 11.4. The number of carbonyl (C=O) groups excluding carboxylic acids is 1. The van der Waals surface area contributed by atoms with E-state index in [1.54, 1.807) is 18.2 Å². The second-order valence-electron chi connectivity index (χ2n) is 6.53. The summed E-state index contributed by atoms with van der Waals surface area (Å²) in [7, 11) is 0. The zero-order valence-electron chi connectivity index (χ0n) is 15.1. The molecule has 2 aromatic rings. The molecule has 0 fully saturated rings. The van der Waals surface area contributed by atoms with Crippen molar-refractivity contribution < 1.29 is 24.2 Å². The van der Waals surface area contributed by atoms with Gasteiger partial charge in [-0.05, 0) is 66.6 Å². The predicted molar refractivity (Wildman–Crippen MR) is 100.0 cm³/mol. The van der Waals surface area contributed by atoms with E-state index in [2.05, 4.69) is 11.4 Å². The van der Waals surface area contributed by atoms with Crippen LogP contribution in [-0.2, 0) is 29.0 Å². The van der Waals surface area contributed by atoms with Gasteiger partial charge in [0.1, 0.15) is 11.5 Å². The van der Waals surface area contributed by atoms with Crippen LogP contribution in [0.5, 0.6) is 11.5 Å². The molecular formula is C21H23NO5. The van der Waals surface area contributed by atoms with Gasteiger partial charge in [0.15, 0.2) is 13.2 Å². The fourth-order valence-corrected chi connectivity index (χ4v) is 3.09. The van der Waals surface area contributed by atoms with Gasteiger partial charge in [-0.1, -0.05) is 18.2 Å². The van der Waals surface area contributed by atoms with E-state index in [0.29, 0.717) is 12.3 Å². The molecule has 0 heterocycles. The molecule has 142 valence electrons. The highest BCUT2D eigenvalue weighted by Crippen LogP contribution is 2.25. The summed E-state index contributed by atoms with van der Waals surface area (Å²) in [6, 6.07) is 13.0. The Labute approximate surface area is 158 Å². The number of rotatable bonds is 8. The minimum atomic E-state index is -1.03. The van der Waals surface area contributed by atoms with E-state index in [-0.39, 0.29) is 12.5 Å². The first kappa shape index (κ1) is 18.8. The smallest absolute Gasteiger partial charge is 0.341 e. The zero-order chi connectivity index (χ0) is 19.1. The van der Waals surface area contributed by atoms with Crippen molar-refractivity contribution in [3.8, 4) is 11.5 Å². The van der Waals surface area contributed by atoms with Crippen LogP contribution in [0.4, 0.5) is 0 Å². The minimum absolute atomic E-state index is 0.0476. The molecule has 2 N–H and O–H groups in total. The topological polar surface area (TPSA) is 84.9 Å². The number of aliphatic carboxylic acids is 1. The summed E-state index contributed by atoms with van der Waals surface area (Å²) < 4.78 is 10.7. The van der Waals surface area contributed by atoms with E-state index in [1.807, 2.05) is 18.2 Å². The third-order valence-corrected chi connectivity index (χ3v) is 4.44. The number of carboxylic acid groups (broad SMARTS) is 1. The van der Waals surface area contributed by atoms with Crippen LogP contribution in [0, 0.1) is 0 Å². The molecule has 0 aromatic heterocycles. The van der Waals surface area contributed by atoms with Crippen molar-refractivity contribution >= 4 is 11.9 Å². The predicted octanol–water partition coefficient (Wildman–Crippen LogP) is 2.72. The van der Waals surface area contributed by atoms with Crippen LogP contribution >= 0.6 is 0 Å². The first-order valence-electron chi connectivity index (χ1n) is 9.05. The van der Waals surface area contributed by atoms with Gasteiger partial charge in [0.2, 0.25) is 0 Å². The molecule has 6 heteroatoms. The maximum absolute atomic E-state index is 12.0. The van der Waals surface area contributed by atoms with Gasteiger partial charge >= 0.3 is 5.97 Å². The van der Waals surface area contributed by atoms with Crippen LogP contribution in [-0.4, -0.2) is 30.2 Å². The largest absolute Gasteiger partial charge is 0.484 e. The molecule has 3 rings (SSSR count). The summed E-state index contributed by atoms with van der Waals surface area (Å²) in [6.07, 6.45) is 4.62. The number of aryl methyl sites for hydroxylation is 2. The fraction of sp³-hybridized carbons (Fsp3) is 0.333. The molecule has 1 aliphatic rings. The third-order valence-electron chi connectivity index (χ3n) is 4.44. The van der Waals surface area contributed by atoms with Gasteiger partial charge in [-0.15, -0.1) is 0 Å². The molecule has 0 radical (unpaired) electrons.